The molecule has 0 saturated carbocycles. The predicted octanol–water partition coefficient (Wildman–Crippen LogP) is 4.68. The average molecular weight is 532 g/mol. The van der Waals surface area contributed by atoms with Gasteiger partial charge in [0.05, 0.1) is 18.7 Å². The number of aliphatic hydroxyl groups excluding tert-OH is 1. The Labute approximate surface area is 224 Å². The number of aromatic amines is 1. The first-order valence-electron chi connectivity index (χ1n) is 12.1. The van der Waals surface area contributed by atoms with E-state index in [2.05, 4.69) is 10.3 Å². The third kappa shape index (κ3) is 5.51. The van der Waals surface area contributed by atoms with Crippen LogP contribution in [0.1, 0.15) is 20.7 Å². The second kappa shape index (κ2) is 11.0. The number of rotatable bonds is 9. The number of aromatic nitrogens is 1. The first-order chi connectivity index (χ1) is 18.4. The molecule has 0 radical (unpaired) electrons. The van der Waals surface area contributed by atoms with Gasteiger partial charge in [-0.15, -0.1) is 0 Å². The van der Waals surface area contributed by atoms with Crippen LogP contribution in [0.4, 0.5) is 0 Å². The highest BCUT2D eigenvalue weighted by Crippen LogP contribution is 2.29. The van der Waals surface area contributed by atoms with Crippen LogP contribution in [-0.4, -0.2) is 60.0 Å². The molecule has 0 spiro atoms. The Kier molecular flexibility index (Phi) is 7.35. The number of nitrogens with zero attached hydrogens (tertiary/aromatic N) is 1. The molecule has 0 unspecified atom stereocenters. The van der Waals surface area contributed by atoms with Crippen molar-refractivity contribution in [1.29, 1.82) is 0 Å². The predicted molar refractivity (Wildman–Crippen MR) is 147 cm³/mol. The number of aliphatic hydroxyl groups is 1. The van der Waals surface area contributed by atoms with Crippen molar-refractivity contribution in [3.8, 4) is 11.5 Å². The zero-order chi connectivity index (χ0) is 26.6. The molecule has 0 saturated heterocycles. The molecule has 1 aliphatic rings. The molecule has 0 fully saturated rings. The summed E-state index contributed by atoms with van der Waals surface area (Å²) in [4.78, 5) is 31.0. The van der Waals surface area contributed by atoms with Crippen molar-refractivity contribution in [1.82, 2.24) is 15.2 Å². The number of carbonyl (C=O) groups excluding carboxylic acids is 2. The van der Waals surface area contributed by atoms with Gasteiger partial charge in [-0.3, -0.25) is 9.59 Å². The van der Waals surface area contributed by atoms with Gasteiger partial charge in [0.2, 0.25) is 5.78 Å². The lowest BCUT2D eigenvalue weighted by molar-refractivity contribution is 0.0903. The fraction of sp³-hybridized carbons (Fsp3) is 0.172. The van der Waals surface area contributed by atoms with Crippen LogP contribution in [0.3, 0.4) is 0 Å². The molecule has 1 aliphatic heterocycles. The summed E-state index contributed by atoms with van der Waals surface area (Å²) in [5.74, 6) is 1.09. The Morgan fingerprint density at radius 1 is 1.11 bits per heavy atom. The maximum Gasteiger partial charge on any atom is 0.255 e. The molecule has 0 atom stereocenters. The summed E-state index contributed by atoms with van der Waals surface area (Å²) in [6.07, 6.45) is 7.47. The van der Waals surface area contributed by atoms with Crippen molar-refractivity contribution in [3.63, 3.8) is 0 Å². The van der Waals surface area contributed by atoms with Gasteiger partial charge in [-0.25, -0.2) is 0 Å². The molecule has 0 bridgehead atoms. The lowest BCUT2D eigenvalue weighted by Gasteiger charge is -2.19. The van der Waals surface area contributed by atoms with E-state index in [0.717, 1.165) is 27.4 Å². The minimum atomic E-state index is -0.419. The number of carbonyl (C=O) groups is 2. The highest BCUT2D eigenvalue weighted by Gasteiger charge is 2.18. The number of benzene rings is 3. The SMILES string of the molecule is CN1C=CC=C(Oc2ccc3c(C(=O)COc4cc5ccc(Cl)cc5cc4C(=O)NCCO)c[nH]c3c2)C1. The largest absolute Gasteiger partial charge is 0.485 e. The number of likely N-dealkylation sites (N-methyl/N-ethyl adjacent to an activating group) is 1. The van der Waals surface area contributed by atoms with Crippen LogP contribution < -0.4 is 14.8 Å². The lowest BCUT2D eigenvalue weighted by atomic mass is 10.0. The van der Waals surface area contributed by atoms with Gasteiger partial charge in [-0.1, -0.05) is 17.7 Å². The van der Waals surface area contributed by atoms with Gasteiger partial charge < -0.3 is 29.8 Å². The third-order valence-electron chi connectivity index (χ3n) is 6.13. The van der Waals surface area contributed by atoms with Crippen LogP contribution in [0.2, 0.25) is 5.02 Å². The molecule has 8 nitrogen and oxygen atoms in total. The quantitative estimate of drug-likeness (QED) is 0.271. The van der Waals surface area contributed by atoms with Gasteiger partial charge in [-0.2, -0.15) is 0 Å². The van der Waals surface area contributed by atoms with Crippen LogP contribution in [-0.2, 0) is 0 Å². The number of amides is 1. The summed E-state index contributed by atoms with van der Waals surface area (Å²) >= 11 is 6.12. The summed E-state index contributed by atoms with van der Waals surface area (Å²) in [5.41, 5.74) is 1.49. The monoisotopic (exact) mass is 531 g/mol. The number of hydrogen-bond acceptors (Lipinski definition) is 6. The molecule has 38 heavy (non-hydrogen) atoms. The number of allylic oxidation sites excluding steroid dienone is 2. The molecule has 3 N–H and O–H groups in total. The molecule has 9 heteroatoms. The van der Waals surface area contributed by atoms with Gasteiger partial charge >= 0.3 is 0 Å². The summed E-state index contributed by atoms with van der Waals surface area (Å²) in [5, 5.41) is 14.6. The first-order valence-corrected chi connectivity index (χ1v) is 12.4. The highest BCUT2D eigenvalue weighted by molar-refractivity contribution is 6.31. The molecule has 2 heterocycles. The number of halogens is 1. The minimum absolute atomic E-state index is 0.0938. The standard InChI is InChI=1S/C29H26ClN3O5/c1-33-9-2-3-22(16-33)38-21-6-7-23-25(15-32-26(23)14-21)27(35)17-37-28-13-18-4-5-20(30)11-19(18)12-24(28)29(36)31-8-10-34/h2-7,9,11-15,32,34H,8,10,16-17H2,1H3,(H,31,36). The smallest absolute Gasteiger partial charge is 0.255 e. The summed E-state index contributed by atoms with van der Waals surface area (Å²) in [6.45, 7) is 0.299. The van der Waals surface area contributed by atoms with E-state index in [-0.39, 0.29) is 36.9 Å². The molecular weight excluding hydrogens is 506 g/mol. The summed E-state index contributed by atoms with van der Waals surface area (Å²) < 4.78 is 11.9. The number of ketones is 1. The highest BCUT2D eigenvalue weighted by atomic mass is 35.5. The fourth-order valence-corrected chi connectivity index (χ4v) is 4.48. The number of fused-ring (bicyclic) bond motifs is 2. The average Bonchev–Trinajstić information content (AvgIpc) is 3.33. The van der Waals surface area contributed by atoms with E-state index in [1.807, 2.05) is 54.6 Å². The van der Waals surface area contributed by atoms with Crippen molar-refractivity contribution in [2.24, 2.45) is 0 Å². The van der Waals surface area contributed by atoms with Crippen molar-refractivity contribution in [2.45, 2.75) is 0 Å². The van der Waals surface area contributed by atoms with Crippen LogP contribution >= 0.6 is 11.6 Å². The molecule has 1 amide bonds. The Hall–Kier alpha value is -4.27. The maximum atomic E-state index is 13.1. The van der Waals surface area contributed by atoms with Gasteiger partial charge in [-0.05, 0) is 65.5 Å². The van der Waals surface area contributed by atoms with E-state index >= 15 is 0 Å². The number of nitrogens with one attached hydrogen (secondary N) is 2. The van der Waals surface area contributed by atoms with Crippen LogP contribution in [0.5, 0.6) is 11.5 Å². The van der Waals surface area contributed by atoms with Crippen LogP contribution in [0, 0.1) is 0 Å². The Morgan fingerprint density at radius 2 is 1.97 bits per heavy atom. The van der Waals surface area contributed by atoms with E-state index in [9.17, 15) is 9.59 Å². The second-order valence-electron chi connectivity index (χ2n) is 8.93. The molecular formula is C29H26ClN3O5. The van der Waals surface area contributed by atoms with Crippen molar-refractivity contribution >= 4 is 45.0 Å². The second-order valence-corrected chi connectivity index (χ2v) is 9.37. The molecule has 0 aliphatic carbocycles. The van der Waals surface area contributed by atoms with E-state index in [0.29, 0.717) is 22.9 Å². The molecule has 5 rings (SSSR count). The summed E-state index contributed by atoms with van der Waals surface area (Å²) in [7, 11) is 1.97. The number of Topliss-reactive ketones (excluding diaryl/α,β-unsaturated/α-hetero) is 1. The van der Waals surface area contributed by atoms with E-state index < -0.39 is 5.91 Å². The Bertz CT molecular complexity index is 1590. The van der Waals surface area contributed by atoms with E-state index in [4.69, 9.17) is 26.2 Å². The van der Waals surface area contributed by atoms with Gasteiger partial charge in [0, 0.05) is 47.3 Å². The normalized spacial score (nSPS) is 13.0. The third-order valence-corrected chi connectivity index (χ3v) is 6.37. The first kappa shape index (κ1) is 25.4. The number of ether oxygens (including phenoxy) is 2. The molecule has 3 aromatic carbocycles. The maximum absolute atomic E-state index is 13.1. The molecule has 194 valence electrons. The van der Waals surface area contributed by atoms with Crippen LogP contribution in [0.15, 0.2) is 78.8 Å². The molecule has 4 aromatic rings. The number of H-pyrrole nitrogens is 1. The summed E-state index contributed by atoms with van der Waals surface area (Å²) in [6, 6.07) is 14.2. The van der Waals surface area contributed by atoms with E-state index in [1.54, 1.807) is 30.5 Å². The van der Waals surface area contributed by atoms with Crippen molar-refractivity contribution < 1.29 is 24.2 Å². The Balaban J connectivity index is 1.35. The minimum Gasteiger partial charge on any atom is -0.485 e. The fourth-order valence-electron chi connectivity index (χ4n) is 4.30. The zero-order valence-corrected chi connectivity index (χ0v) is 21.4. The number of hydrogen-bond donors (Lipinski definition) is 3. The van der Waals surface area contributed by atoms with Gasteiger partial charge in [0.25, 0.3) is 5.91 Å². The zero-order valence-electron chi connectivity index (χ0n) is 20.7. The van der Waals surface area contributed by atoms with Crippen molar-refractivity contribution in [2.75, 3.05) is 33.4 Å². The topological polar surface area (TPSA) is 104 Å². The molecule has 1 aromatic heterocycles. The van der Waals surface area contributed by atoms with E-state index in [1.165, 1.54) is 0 Å². The van der Waals surface area contributed by atoms with Crippen LogP contribution in [0.25, 0.3) is 21.7 Å². The Morgan fingerprint density at radius 3 is 2.79 bits per heavy atom. The van der Waals surface area contributed by atoms with Gasteiger partial charge in [0.15, 0.2) is 6.61 Å². The lowest BCUT2D eigenvalue weighted by Crippen LogP contribution is -2.27. The van der Waals surface area contributed by atoms with Gasteiger partial charge in [0.1, 0.15) is 17.3 Å². The van der Waals surface area contributed by atoms with Crippen molar-refractivity contribution in [3.05, 3.63) is 95.0 Å².